The molecular formula is C16H22N2O. The van der Waals surface area contributed by atoms with Gasteiger partial charge in [-0.25, -0.2) is 0 Å². The molecule has 0 bridgehead atoms. The molecule has 0 radical (unpaired) electrons. The first kappa shape index (κ1) is 12.7. The van der Waals surface area contributed by atoms with E-state index in [9.17, 15) is 4.79 Å². The Morgan fingerprint density at radius 3 is 2.79 bits per heavy atom. The van der Waals surface area contributed by atoms with Crippen molar-refractivity contribution in [3.8, 4) is 0 Å². The van der Waals surface area contributed by atoms with E-state index in [0.717, 1.165) is 13.0 Å². The lowest BCUT2D eigenvalue weighted by Gasteiger charge is -2.30. The van der Waals surface area contributed by atoms with Crippen molar-refractivity contribution in [3.05, 3.63) is 35.4 Å². The number of hydrogen-bond acceptors (Lipinski definition) is 2. The fourth-order valence-electron chi connectivity index (χ4n) is 3.21. The van der Waals surface area contributed by atoms with E-state index >= 15 is 0 Å². The largest absolute Gasteiger partial charge is 0.354 e. The molecule has 3 nitrogen and oxygen atoms in total. The van der Waals surface area contributed by atoms with Crippen molar-refractivity contribution < 1.29 is 4.79 Å². The Kier molecular flexibility index (Phi) is 3.83. The summed E-state index contributed by atoms with van der Waals surface area (Å²) in [6.45, 7) is 1.25. The maximum atomic E-state index is 11.8. The predicted molar refractivity (Wildman–Crippen MR) is 76.2 cm³/mol. The summed E-state index contributed by atoms with van der Waals surface area (Å²) in [7, 11) is 0. The lowest BCUT2D eigenvalue weighted by Crippen LogP contribution is -2.40. The number of rotatable bonds is 5. The molecule has 1 fully saturated rings. The van der Waals surface area contributed by atoms with E-state index < -0.39 is 0 Å². The van der Waals surface area contributed by atoms with Crippen LogP contribution in [0, 0.1) is 0 Å². The fourth-order valence-corrected chi connectivity index (χ4v) is 3.21. The molecule has 2 aliphatic rings. The van der Waals surface area contributed by atoms with Gasteiger partial charge in [0.05, 0.1) is 6.54 Å². The monoisotopic (exact) mass is 258 g/mol. The minimum atomic E-state index is 0.135. The van der Waals surface area contributed by atoms with E-state index in [0.29, 0.717) is 18.5 Å². The van der Waals surface area contributed by atoms with Crippen LogP contribution in [0.2, 0.25) is 0 Å². The molecular weight excluding hydrogens is 236 g/mol. The fraction of sp³-hybridized carbons (Fsp3) is 0.562. The third-order valence-corrected chi connectivity index (χ3v) is 4.41. The highest BCUT2D eigenvalue weighted by Crippen LogP contribution is 2.33. The van der Waals surface area contributed by atoms with Gasteiger partial charge in [-0.05, 0) is 30.4 Å². The zero-order chi connectivity index (χ0) is 13.1. The minimum Gasteiger partial charge on any atom is -0.354 e. The Morgan fingerprint density at radius 1 is 1.21 bits per heavy atom. The van der Waals surface area contributed by atoms with E-state index in [1.807, 2.05) is 0 Å². The first-order valence-electron chi connectivity index (χ1n) is 7.41. The van der Waals surface area contributed by atoms with Crippen molar-refractivity contribution in [3.63, 3.8) is 0 Å². The third-order valence-electron chi connectivity index (χ3n) is 4.41. The Hall–Kier alpha value is -1.35. The molecule has 2 aliphatic carbocycles. The van der Waals surface area contributed by atoms with Gasteiger partial charge < -0.3 is 10.6 Å². The molecule has 3 rings (SSSR count). The van der Waals surface area contributed by atoms with E-state index in [4.69, 9.17) is 0 Å². The van der Waals surface area contributed by atoms with Crippen molar-refractivity contribution in [2.45, 2.75) is 44.1 Å². The highest BCUT2D eigenvalue weighted by molar-refractivity contribution is 5.78. The van der Waals surface area contributed by atoms with E-state index in [2.05, 4.69) is 34.9 Å². The molecule has 19 heavy (non-hydrogen) atoms. The van der Waals surface area contributed by atoms with Crippen LogP contribution in [-0.4, -0.2) is 25.0 Å². The summed E-state index contributed by atoms with van der Waals surface area (Å²) >= 11 is 0. The number of amides is 1. The molecule has 1 aromatic rings. The highest BCUT2D eigenvalue weighted by atomic mass is 16.1. The zero-order valence-corrected chi connectivity index (χ0v) is 11.3. The van der Waals surface area contributed by atoms with Gasteiger partial charge in [0, 0.05) is 18.5 Å². The van der Waals surface area contributed by atoms with Crippen LogP contribution in [0.15, 0.2) is 24.3 Å². The molecule has 1 atom stereocenters. The Bertz CT molecular complexity index is 452. The average Bonchev–Trinajstić information content (AvgIpc) is 2.90. The Morgan fingerprint density at radius 2 is 2.00 bits per heavy atom. The molecule has 0 spiro atoms. The van der Waals surface area contributed by atoms with Gasteiger partial charge in [-0.1, -0.05) is 37.1 Å². The lowest BCUT2D eigenvalue weighted by molar-refractivity contribution is -0.120. The van der Waals surface area contributed by atoms with Crippen LogP contribution in [0.5, 0.6) is 0 Å². The SMILES string of the molecule is O=C(CNC1CCCC1)NCC1Cc2ccccc21. The molecule has 2 N–H and O–H groups in total. The molecule has 0 aliphatic heterocycles. The predicted octanol–water partition coefficient (Wildman–Crippen LogP) is 1.97. The van der Waals surface area contributed by atoms with Crippen LogP contribution in [-0.2, 0) is 11.2 Å². The molecule has 1 amide bonds. The maximum Gasteiger partial charge on any atom is 0.233 e. The van der Waals surface area contributed by atoms with Crippen molar-refractivity contribution in [1.82, 2.24) is 10.6 Å². The number of hydrogen-bond donors (Lipinski definition) is 2. The minimum absolute atomic E-state index is 0.135. The lowest BCUT2D eigenvalue weighted by atomic mass is 9.77. The summed E-state index contributed by atoms with van der Waals surface area (Å²) in [5, 5.41) is 6.40. The highest BCUT2D eigenvalue weighted by Gasteiger charge is 2.25. The number of fused-ring (bicyclic) bond motifs is 1. The molecule has 1 aromatic carbocycles. The smallest absolute Gasteiger partial charge is 0.233 e. The Labute approximate surface area is 114 Å². The number of nitrogens with one attached hydrogen (secondary N) is 2. The van der Waals surface area contributed by atoms with E-state index in [-0.39, 0.29) is 5.91 Å². The second-order valence-corrected chi connectivity index (χ2v) is 5.77. The maximum absolute atomic E-state index is 11.8. The number of carbonyl (C=O) groups is 1. The summed E-state index contributed by atoms with van der Waals surface area (Å²) in [5.74, 6) is 0.655. The average molecular weight is 258 g/mol. The standard InChI is InChI=1S/C16H22N2O/c19-16(11-17-14-6-2-3-7-14)18-10-13-9-12-5-1-4-8-15(12)13/h1,4-5,8,13-14,17H,2-3,6-7,9-11H2,(H,18,19). The molecule has 1 saturated carbocycles. The molecule has 0 saturated heterocycles. The third kappa shape index (κ3) is 2.98. The molecule has 1 unspecified atom stereocenters. The molecule has 0 aromatic heterocycles. The van der Waals surface area contributed by atoms with Crippen molar-refractivity contribution in [2.24, 2.45) is 0 Å². The van der Waals surface area contributed by atoms with Crippen molar-refractivity contribution in [2.75, 3.05) is 13.1 Å². The number of carbonyl (C=O) groups excluding carboxylic acids is 1. The van der Waals surface area contributed by atoms with Gasteiger partial charge in [-0.2, -0.15) is 0 Å². The summed E-state index contributed by atoms with van der Waals surface area (Å²) in [6, 6.07) is 9.07. The summed E-state index contributed by atoms with van der Waals surface area (Å²) in [6.07, 6.45) is 6.16. The summed E-state index contributed by atoms with van der Waals surface area (Å²) in [5.41, 5.74) is 2.84. The van der Waals surface area contributed by atoms with E-state index in [1.165, 1.54) is 36.8 Å². The van der Waals surface area contributed by atoms with Crippen molar-refractivity contribution in [1.29, 1.82) is 0 Å². The zero-order valence-electron chi connectivity index (χ0n) is 11.3. The van der Waals surface area contributed by atoms with Gasteiger partial charge in [-0.3, -0.25) is 4.79 Å². The first-order valence-corrected chi connectivity index (χ1v) is 7.41. The summed E-state index contributed by atoms with van der Waals surface area (Å²) < 4.78 is 0. The van der Waals surface area contributed by atoms with Gasteiger partial charge >= 0.3 is 0 Å². The Balaban J connectivity index is 1.37. The van der Waals surface area contributed by atoms with Gasteiger partial charge in [0.2, 0.25) is 5.91 Å². The molecule has 102 valence electrons. The van der Waals surface area contributed by atoms with Crippen LogP contribution in [0.1, 0.15) is 42.7 Å². The second-order valence-electron chi connectivity index (χ2n) is 5.77. The second kappa shape index (κ2) is 5.74. The van der Waals surface area contributed by atoms with Gasteiger partial charge in [-0.15, -0.1) is 0 Å². The van der Waals surface area contributed by atoms with Gasteiger partial charge in [0.1, 0.15) is 0 Å². The van der Waals surface area contributed by atoms with Crippen LogP contribution < -0.4 is 10.6 Å². The quantitative estimate of drug-likeness (QED) is 0.848. The van der Waals surface area contributed by atoms with E-state index in [1.54, 1.807) is 0 Å². The van der Waals surface area contributed by atoms with Crippen molar-refractivity contribution >= 4 is 5.91 Å². The normalized spacial score (nSPS) is 21.8. The van der Waals surface area contributed by atoms with Crippen LogP contribution in [0.3, 0.4) is 0 Å². The van der Waals surface area contributed by atoms with Crippen LogP contribution in [0.4, 0.5) is 0 Å². The first-order chi connectivity index (χ1) is 9.33. The summed E-state index contributed by atoms with van der Waals surface area (Å²) in [4.78, 5) is 11.8. The number of benzene rings is 1. The van der Waals surface area contributed by atoms with Crippen LogP contribution in [0.25, 0.3) is 0 Å². The van der Waals surface area contributed by atoms with Gasteiger partial charge in [0.25, 0.3) is 0 Å². The molecule has 3 heteroatoms. The topological polar surface area (TPSA) is 41.1 Å². The van der Waals surface area contributed by atoms with Gasteiger partial charge in [0.15, 0.2) is 0 Å². The molecule has 0 heterocycles. The van der Waals surface area contributed by atoms with Crippen LogP contribution >= 0.6 is 0 Å².